The molecule has 0 fully saturated rings. The molecule has 0 rings (SSSR count). The molecule has 0 aliphatic heterocycles. The van der Waals surface area contributed by atoms with Crippen molar-refractivity contribution in [1.82, 2.24) is 15.5 Å². The topological polar surface area (TPSA) is 125 Å². The molecule has 3 amide bonds. The number of carbonyl (C=O) groups excluding carboxylic acids is 4. The van der Waals surface area contributed by atoms with Gasteiger partial charge in [-0.3, -0.25) is 19.2 Å². The minimum Gasteiger partial charge on any atom is -0.366 e. The van der Waals surface area contributed by atoms with E-state index in [1.165, 1.54) is 26.0 Å². The van der Waals surface area contributed by atoms with Gasteiger partial charge in [0, 0.05) is 45.6 Å². The second kappa shape index (κ2) is 14.7. The highest BCUT2D eigenvalue weighted by atomic mass is 16.6. The maximum atomic E-state index is 12.0. The first-order valence-electron chi connectivity index (χ1n) is 10.6. The van der Waals surface area contributed by atoms with E-state index in [9.17, 15) is 24.3 Å². The van der Waals surface area contributed by atoms with Crippen molar-refractivity contribution in [2.24, 2.45) is 5.41 Å². The quantitative estimate of drug-likeness (QED) is 0.143. The number of unbranched alkanes of at least 4 members (excludes halogenated alkanes) is 2. The minimum atomic E-state index is -1.24. The van der Waals surface area contributed by atoms with E-state index >= 15 is 0 Å². The molecule has 0 aliphatic carbocycles. The van der Waals surface area contributed by atoms with E-state index in [1.54, 1.807) is 11.9 Å². The Morgan fingerprint density at radius 2 is 1.65 bits per heavy atom. The lowest BCUT2D eigenvalue weighted by atomic mass is 9.90. The Bertz CT molecular complexity index is 611. The summed E-state index contributed by atoms with van der Waals surface area (Å²) in [4.78, 5) is 47.2. The fraction of sp³-hybridized carbons (Fsp3) is 0.727. The maximum absolute atomic E-state index is 12.0. The number of ether oxygens (including phenoxy) is 1. The van der Waals surface area contributed by atoms with E-state index in [2.05, 4.69) is 10.6 Å². The lowest BCUT2D eigenvalue weighted by Gasteiger charge is -2.28. The van der Waals surface area contributed by atoms with Crippen LogP contribution >= 0.6 is 0 Å². The highest BCUT2D eigenvalue weighted by molar-refractivity contribution is 5.90. The zero-order valence-electron chi connectivity index (χ0n) is 19.5. The van der Waals surface area contributed by atoms with E-state index in [1.807, 2.05) is 13.8 Å². The molecular formula is C22H39N3O6. The summed E-state index contributed by atoms with van der Waals surface area (Å²) >= 11 is 0. The van der Waals surface area contributed by atoms with Gasteiger partial charge in [0.15, 0.2) is 5.79 Å². The molecule has 0 spiro atoms. The summed E-state index contributed by atoms with van der Waals surface area (Å²) in [6, 6.07) is 0. The van der Waals surface area contributed by atoms with Gasteiger partial charge in [-0.25, -0.2) is 0 Å². The normalized spacial score (nSPS) is 11.9. The molecule has 31 heavy (non-hydrogen) atoms. The molecule has 0 aromatic carbocycles. The maximum Gasteiger partial charge on any atom is 0.246 e. The Kier molecular flexibility index (Phi) is 13.6. The fourth-order valence-electron chi connectivity index (χ4n) is 2.56. The van der Waals surface area contributed by atoms with E-state index in [-0.39, 0.29) is 43.7 Å². The highest BCUT2D eigenvalue weighted by Crippen LogP contribution is 2.22. The van der Waals surface area contributed by atoms with Crippen molar-refractivity contribution >= 4 is 24.0 Å². The van der Waals surface area contributed by atoms with Gasteiger partial charge in [0.1, 0.15) is 6.29 Å². The number of hydrogen-bond acceptors (Lipinski definition) is 6. The molecular weight excluding hydrogens is 402 g/mol. The Labute approximate surface area is 185 Å². The second-order valence-electron chi connectivity index (χ2n) is 8.84. The van der Waals surface area contributed by atoms with Crippen LogP contribution in [-0.4, -0.2) is 73.1 Å². The summed E-state index contributed by atoms with van der Waals surface area (Å²) in [5, 5.41) is 15.2. The summed E-state index contributed by atoms with van der Waals surface area (Å²) < 4.78 is 5.33. The monoisotopic (exact) mass is 441 g/mol. The van der Waals surface area contributed by atoms with E-state index in [0.29, 0.717) is 19.4 Å². The van der Waals surface area contributed by atoms with Crippen LogP contribution in [0.4, 0.5) is 0 Å². The third kappa shape index (κ3) is 17.1. The SMILES string of the molecule is CN(CCCCCNC(=O)CCNC(=O)CC(C)(C)COC(C)(C)O)C(=O)/C=C\C=O. The van der Waals surface area contributed by atoms with E-state index in [4.69, 9.17) is 4.74 Å². The number of aliphatic hydroxyl groups is 1. The number of hydrogen-bond donors (Lipinski definition) is 3. The molecule has 9 heteroatoms. The number of likely N-dealkylation sites (N-methyl/N-ethyl adjacent to an activating group) is 1. The van der Waals surface area contributed by atoms with Gasteiger partial charge in [0.2, 0.25) is 17.7 Å². The Morgan fingerprint density at radius 1 is 1.00 bits per heavy atom. The lowest BCUT2D eigenvalue weighted by molar-refractivity contribution is -0.192. The number of nitrogens with one attached hydrogen (secondary N) is 2. The van der Waals surface area contributed by atoms with Gasteiger partial charge in [-0.15, -0.1) is 0 Å². The molecule has 0 heterocycles. The van der Waals surface area contributed by atoms with Crippen molar-refractivity contribution < 1.29 is 29.0 Å². The molecule has 178 valence electrons. The third-order valence-electron chi connectivity index (χ3n) is 4.32. The van der Waals surface area contributed by atoms with Crippen molar-refractivity contribution in [2.45, 2.75) is 65.6 Å². The van der Waals surface area contributed by atoms with Crippen molar-refractivity contribution in [3.05, 3.63) is 12.2 Å². The Morgan fingerprint density at radius 3 is 2.26 bits per heavy atom. The molecule has 9 nitrogen and oxygen atoms in total. The minimum absolute atomic E-state index is 0.129. The molecule has 0 saturated heterocycles. The number of aldehydes is 1. The zero-order chi connectivity index (χ0) is 23.9. The number of carbonyl (C=O) groups is 4. The van der Waals surface area contributed by atoms with Gasteiger partial charge in [-0.1, -0.05) is 13.8 Å². The van der Waals surface area contributed by atoms with Crippen LogP contribution in [0.15, 0.2) is 12.2 Å². The Hall–Kier alpha value is -2.26. The van der Waals surface area contributed by atoms with E-state index in [0.717, 1.165) is 19.3 Å². The van der Waals surface area contributed by atoms with Crippen molar-refractivity contribution in [2.75, 3.05) is 33.3 Å². The molecule has 0 aromatic heterocycles. The predicted molar refractivity (Wildman–Crippen MR) is 118 cm³/mol. The molecule has 0 radical (unpaired) electrons. The first-order valence-corrected chi connectivity index (χ1v) is 10.6. The third-order valence-corrected chi connectivity index (χ3v) is 4.32. The summed E-state index contributed by atoms with van der Waals surface area (Å²) in [5.41, 5.74) is -0.435. The highest BCUT2D eigenvalue weighted by Gasteiger charge is 2.25. The van der Waals surface area contributed by atoms with Crippen LogP contribution in [0.5, 0.6) is 0 Å². The van der Waals surface area contributed by atoms with Gasteiger partial charge in [0.25, 0.3) is 0 Å². The summed E-state index contributed by atoms with van der Waals surface area (Å²) in [7, 11) is 1.68. The van der Waals surface area contributed by atoms with Crippen molar-refractivity contribution in [3.63, 3.8) is 0 Å². The van der Waals surface area contributed by atoms with Gasteiger partial charge < -0.3 is 25.4 Å². The molecule has 0 aliphatic rings. The average molecular weight is 442 g/mol. The van der Waals surface area contributed by atoms with Crippen molar-refractivity contribution in [3.8, 4) is 0 Å². The lowest BCUT2D eigenvalue weighted by Crippen LogP contribution is -2.36. The smallest absolute Gasteiger partial charge is 0.246 e. The van der Waals surface area contributed by atoms with Gasteiger partial charge in [-0.05, 0) is 44.6 Å². The van der Waals surface area contributed by atoms with Gasteiger partial charge >= 0.3 is 0 Å². The standard InChI is InChI=1S/C22H39N3O6/c1-21(2,17-31-22(3,4)30)16-19(28)24-13-11-18(27)23-12-7-6-8-14-25(5)20(29)10-9-15-26/h9-10,15,30H,6-8,11-14,16-17H2,1-5H3,(H,23,27)(H,24,28)/b10-9-. The second-order valence-corrected chi connectivity index (χ2v) is 8.84. The first-order chi connectivity index (χ1) is 14.4. The number of nitrogens with zero attached hydrogens (tertiary/aromatic N) is 1. The van der Waals surface area contributed by atoms with E-state index < -0.39 is 11.2 Å². The summed E-state index contributed by atoms with van der Waals surface area (Å²) in [6.07, 6.45) is 5.85. The average Bonchev–Trinajstić information content (AvgIpc) is 2.66. The molecule has 0 atom stereocenters. The molecule has 0 bridgehead atoms. The van der Waals surface area contributed by atoms with Crippen molar-refractivity contribution in [1.29, 1.82) is 0 Å². The van der Waals surface area contributed by atoms with Crippen LogP contribution < -0.4 is 10.6 Å². The largest absolute Gasteiger partial charge is 0.366 e. The summed E-state index contributed by atoms with van der Waals surface area (Å²) in [6.45, 7) is 8.45. The number of amides is 3. The van der Waals surface area contributed by atoms with Crippen LogP contribution in [0.1, 0.15) is 59.8 Å². The van der Waals surface area contributed by atoms with Crippen LogP contribution in [-0.2, 0) is 23.9 Å². The van der Waals surface area contributed by atoms with Crippen LogP contribution in [0, 0.1) is 5.41 Å². The number of rotatable bonds is 16. The zero-order valence-corrected chi connectivity index (χ0v) is 19.5. The van der Waals surface area contributed by atoms with Gasteiger partial charge in [0.05, 0.1) is 6.61 Å². The van der Waals surface area contributed by atoms with Gasteiger partial charge in [-0.2, -0.15) is 0 Å². The predicted octanol–water partition coefficient (Wildman–Crippen LogP) is 1.15. The van der Waals surface area contributed by atoms with Crippen LogP contribution in [0.3, 0.4) is 0 Å². The first kappa shape index (κ1) is 28.7. The molecule has 0 saturated carbocycles. The Balaban J connectivity index is 3.84. The molecule has 0 unspecified atom stereocenters. The van der Waals surface area contributed by atoms with Crippen LogP contribution in [0.25, 0.3) is 0 Å². The molecule has 0 aromatic rings. The number of allylic oxidation sites excluding steroid dienone is 1. The summed E-state index contributed by atoms with van der Waals surface area (Å²) in [5.74, 6) is -1.75. The van der Waals surface area contributed by atoms with Crippen LogP contribution in [0.2, 0.25) is 0 Å². The fourth-order valence-corrected chi connectivity index (χ4v) is 2.56. The molecule has 3 N–H and O–H groups in total.